The largest absolute Gasteiger partial charge is 0.356 e. The van der Waals surface area contributed by atoms with E-state index in [2.05, 4.69) is 26.6 Å². The van der Waals surface area contributed by atoms with Crippen LogP contribution in [0.5, 0.6) is 0 Å². The summed E-state index contributed by atoms with van der Waals surface area (Å²) in [5, 5.41) is 7.01. The van der Waals surface area contributed by atoms with Gasteiger partial charge >= 0.3 is 0 Å². The fraction of sp³-hybridized carbons (Fsp3) is 0.706. The Morgan fingerprint density at radius 3 is 2.79 bits per heavy atom. The summed E-state index contributed by atoms with van der Waals surface area (Å²) < 4.78 is 0.862. The molecule has 1 unspecified atom stereocenters. The van der Waals surface area contributed by atoms with Gasteiger partial charge in [-0.05, 0) is 37.8 Å². The van der Waals surface area contributed by atoms with E-state index >= 15 is 0 Å². The van der Waals surface area contributed by atoms with Gasteiger partial charge < -0.3 is 10.6 Å². The van der Waals surface area contributed by atoms with Crippen molar-refractivity contribution in [1.29, 1.82) is 0 Å². The fourth-order valence-electron chi connectivity index (χ4n) is 3.68. The molecule has 0 amide bonds. The van der Waals surface area contributed by atoms with Crippen molar-refractivity contribution in [3.05, 3.63) is 21.3 Å². The maximum Gasteiger partial charge on any atom is 0.191 e. The first kappa shape index (κ1) is 20.3. The third kappa shape index (κ3) is 5.75. The Balaban J connectivity index is 0.00000208. The van der Waals surface area contributed by atoms with Crippen LogP contribution in [0.25, 0.3) is 0 Å². The SMILES string of the molecule is CN=C(NCCc1ccc(Cl)s1)NC1CCN(C2CCCC2)C1.I. The van der Waals surface area contributed by atoms with Gasteiger partial charge in [-0.2, -0.15) is 0 Å². The number of guanidine groups is 1. The summed E-state index contributed by atoms with van der Waals surface area (Å²) in [6.45, 7) is 3.27. The molecule has 136 valence electrons. The van der Waals surface area contributed by atoms with Gasteiger partial charge in [-0.25, -0.2) is 0 Å². The zero-order valence-electron chi connectivity index (χ0n) is 14.3. The lowest BCUT2D eigenvalue weighted by molar-refractivity contribution is 0.242. The monoisotopic (exact) mass is 482 g/mol. The molecule has 0 bridgehead atoms. The van der Waals surface area contributed by atoms with Gasteiger partial charge in [0.15, 0.2) is 5.96 Å². The van der Waals surface area contributed by atoms with E-state index in [0.29, 0.717) is 6.04 Å². The van der Waals surface area contributed by atoms with Crippen molar-refractivity contribution >= 4 is 52.9 Å². The Hall–Kier alpha value is -0.0500. The molecule has 1 aromatic heterocycles. The number of likely N-dealkylation sites (tertiary alicyclic amines) is 1. The average Bonchev–Trinajstić information content (AvgIpc) is 3.27. The van der Waals surface area contributed by atoms with Crippen LogP contribution >= 0.6 is 46.9 Å². The van der Waals surface area contributed by atoms with Gasteiger partial charge in [0.25, 0.3) is 0 Å². The van der Waals surface area contributed by atoms with Crippen LogP contribution in [0.3, 0.4) is 0 Å². The zero-order chi connectivity index (χ0) is 16.1. The third-order valence-corrected chi connectivity index (χ3v) is 6.21. The molecule has 24 heavy (non-hydrogen) atoms. The van der Waals surface area contributed by atoms with Crippen molar-refractivity contribution in [2.75, 3.05) is 26.7 Å². The van der Waals surface area contributed by atoms with E-state index in [9.17, 15) is 0 Å². The van der Waals surface area contributed by atoms with E-state index in [1.165, 1.54) is 43.5 Å². The summed E-state index contributed by atoms with van der Waals surface area (Å²) in [5.74, 6) is 0.922. The molecule has 2 heterocycles. The zero-order valence-corrected chi connectivity index (χ0v) is 18.2. The third-order valence-electron chi connectivity index (χ3n) is 4.92. The molecule has 1 aliphatic heterocycles. The maximum atomic E-state index is 5.97. The molecule has 2 aliphatic rings. The summed E-state index contributed by atoms with van der Waals surface area (Å²) in [4.78, 5) is 8.35. The van der Waals surface area contributed by atoms with E-state index in [-0.39, 0.29) is 24.0 Å². The smallest absolute Gasteiger partial charge is 0.191 e. The van der Waals surface area contributed by atoms with E-state index in [4.69, 9.17) is 11.6 Å². The Morgan fingerprint density at radius 1 is 1.33 bits per heavy atom. The normalized spacial score (nSPS) is 22.6. The molecule has 0 spiro atoms. The summed E-state index contributed by atoms with van der Waals surface area (Å²) in [5.41, 5.74) is 0. The highest BCUT2D eigenvalue weighted by atomic mass is 127. The summed E-state index contributed by atoms with van der Waals surface area (Å²) in [6.07, 6.45) is 7.81. The quantitative estimate of drug-likeness (QED) is 0.381. The van der Waals surface area contributed by atoms with Gasteiger partial charge in [0.1, 0.15) is 0 Å². The lowest BCUT2D eigenvalue weighted by Crippen LogP contribution is -2.45. The highest BCUT2D eigenvalue weighted by molar-refractivity contribution is 14.0. The number of hydrogen-bond acceptors (Lipinski definition) is 3. The summed E-state index contributed by atoms with van der Waals surface area (Å²) in [7, 11) is 1.85. The van der Waals surface area contributed by atoms with Gasteiger partial charge in [-0.3, -0.25) is 9.89 Å². The second-order valence-corrected chi connectivity index (χ2v) is 8.32. The molecule has 1 saturated carbocycles. The minimum Gasteiger partial charge on any atom is -0.356 e. The Morgan fingerprint density at radius 2 is 2.12 bits per heavy atom. The van der Waals surface area contributed by atoms with Crippen molar-refractivity contribution in [1.82, 2.24) is 15.5 Å². The number of hydrogen-bond donors (Lipinski definition) is 2. The predicted molar refractivity (Wildman–Crippen MR) is 115 cm³/mol. The molecule has 2 fully saturated rings. The molecular formula is C17H28ClIN4S. The van der Waals surface area contributed by atoms with E-state index < -0.39 is 0 Å². The topological polar surface area (TPSA) is 39.7 Å². The minimum atomic E-state index is 0. The van der Waals surface area contributed by atoms with Crippen LogP contribution in [-0.4, -0.2) is 49.6 Å². The molecule has 7 heteroatoms. The van der Waals surface area contributed by atoms with Gasteiger partial charge in [-0.1, -0.05) is 24.4 Å². The minimum absolute atomic E-state index is 0. The molecule has 1 aromatic rings. The van der Waals surface area contributed by atoms with Crippen LogP contribution < -0.4 is 10.6 Å². The van der Waals surface area contributed by atoms with E-state index in [1.54, 1.807) is 11.3 Å². The average molecular weight is 483 g/mol. The van der Waals surface area contributed by atoms with Gasteiger partial charge in [0.2, 0.25) is 0 Å². The first-order valence-electron chi connectivity index (χ1n) is 8.70. The first-order valence-corrected chi connectivity index (χ1v) is 9.89. The molecule has 4 nitrogen and oxygen atoms in total. The number of nitrogens with one attached hydrogen (secondary N) is 2. The van der Waals surface area contributed by atoms with Crippen LogP contribution in [0.2, 0.25) is 4.34 Å². The molecule has 1 saturated heterocycles. The van der Waals surface area contributed by atoms with Crippen LogP contribution in [0, 0.1) is 0 Å². The van der Waals surface area contributed by atoms with Crippen molar-refractivity contribution in [2.24, 2.45) is 4.99 Å². The number of nitrogens with zero attached hydrogens (tertiary/aromatic N) is 2. The maximum absolute atomic E-state index is 5.97. The van der Waals surface area contributed by atoms with Crippen molar-refractivity contribution in [2.45, 2.75) is 50.6 Å². The van der Waals surface area contributed by atoms with Crippen molar-refractivity contribution in [3.8, 4) is 0 Å². The van der Waals surface area contributed by atoms with Crippen LogP contribution in [0.1, 0.15) is 37.0 Å². The highest BCUT2D eigenvalue weighted by Gasteiger charge is 2.30. The van der Waals surface area contributed by atoms with Gasteiger partial charge in [0.05, 0.1) is 4.34 Å². The molecular weight excluding hydrogens is 455 g/mol. The summed E-state index contributed by atoms with van der Waals surface area (Å²) >= 11 is 7.62. The number of thiophene rings is 1. The van der Waals surface area contributed by atoms with Gasteiger partial charge in [0, 0.05) is 43.6 Å². The Labute approximate surface area is 171 Å². The van der Waals surface area contributed by atoms with Crippen LogP contribution in [0.15, 0.2) is 17.1 Å². The lowest BCUT2D eigenvalue weighted by Gasteiger charge is -2.24. The number of halogens is 2. The first-order chi connectivity index (χ1) is 11.2. The van der Waals surface area contributed by atoms with Crippen molar-refractivity contribution < 1.29 is 0 Å². The van der Waals surface area contributed by atoms with Crippen molar-refractivity contribution in [3.63, 3.8) is 0 Å². The fourth-order valence-corrected chi connectivity index (χ4v) is 4.77. The second-order valence-electron chi connectivity index (χ2n) is 6.52. The number of aliphatic imine (C=N–C) groups is 1. The molecule has 2 N–H and O–H groups in total. The molecule has 1 atom stereocenters. The van der Waals surface area contributed by atoms with Crippen LogP contribution in [-0.2, 0) is 6.42 Å². The lowest BCUT2D eigenvalue weighted by atomic mass is 10.2. The van der Waals surface area contributed by atoms with Crippen LogP contribution in [0.4, 0.5) is 0 Å². The molecule has 0 radical (unpaired) electrons. The predicted octanol–water partition coefficient (Wildman–Crippen LogP) is 3.74. The highest BCUT2D eigenvalue weighted by Crippen LogP contribution is 2.26. The molecule has 0 aromatic carbocycles. The summed E-state index contributed by atoms with van der Waals surface area (Å²) in [6, 6.07) is 5.42. The molecule has 1 aliphatic carbocycles. The number of rotatable bonds is 5. The van der Waals surface area contributed by atoms with E-state index in [0.717, 1.165) is 35.8 Å². The second kappa shape index (κ2) is 10.2. The Bertz CT molecular complexity index is 530. The molecule has 3 rings (SSSR count). The Kier molecular flexibility index (Phi) is 8.60. The standard InChI is InChI=1S/C17H27ClN4S.HI/c1-19-17(20-10-8-15-6-7-16(18)23-15)21-13-9-11-22(12-13)14-4-2-3-5-14;/h6-7,13-14H,2-5,8-12H2,1H3,(H2,19,20,21);1H. The van der Waals surface area contributed by atoms with Gasteiger partial charge in [-0.15, -0.1) is 35.3 Å². The van der Waals surface area contributed by atoms with E-state index in [1.807, 2.05) is 13.1 Å².